The highest BCUT2D eigenvalue weighted by molar-refractivity contribution is 5.92. The van der Waals surface area contributed by atoms with Gasteiger partial charge >= 0.3 is 5.97 Å². The molecule has 0 bridgehead atoms. The number of carbonyl (C=O) groups excluding carboxylic acids is 1. The van der Waals surface area contributed by atoms with Gasteiger partial charge in [-0.25, -0.2) is 4.79 Å². The Hall–Kier alpha value is -2.03. The first kappa shape index (κ1) is 13.4. The topological polar surface area (TPSA) is 42.1 Å². The lowest BCUT2D eigenvalue weighted by molar-refractivity contribution is 0.0525. The lowest BCUT2D eigenvalue weighted by Crippen LogP contribution is -2.07. The van der Waals surface area contributed by atoms with Crippen molar-refractivity contribution in [1.82, 2.24) is 4.98 Å². The third kappa shape index (κ3) is 2.87. The van der Waals surface area contributed by atoms with Crippen LogP contribution in [0.1, 0.15) is 42.7 Å². The number of hydrogen-bond acceptors (Lipinski definition) is 2. The molecule has 1 N–H and O–H groups in total. The number of hydrogen-bond donors (Lipinski definition) is 1. The Labute approximate surface area is 113 Å². The van der Waals surface area contributed by atoms with E-state index in [0.29, 0.717) is 12.2 Å². The molecule has 0 saturated carbocycles. The molecule has 0 aliphatic carbocycles. The number of esters is 1. The second kappa shape index (κ2) is 5.74. The van der Waals surface area contributed by atoms with E-state index in [2.05, 4.69) is 18.8 Å². The molecule has 2 rings (SSSR count). The molecule has 0 atom stereocenters. The van der Waals surface area contributed by atoms with Crippen molar-refractivity contribution in [2.24, 2.45) is 0 Å². The van der Waals surface area contributed by atoms with Gasteiger partial charge in [0.05, 0.1) is 12.2 Å². The molecule has 0 amide bonds. The van der Waals surface area contributed by atoms with E-state index in [0.717, 1.165) is 17.0 Å². The van der Waals surface area contributed by atoms with E-state index in [1.165, 1.54) is 0 Å². The van der Waals surface area contributed by atoms with Crippen LogP contribution in [0.5, 0.6) is 0 Å². The Kier molecular flexibility index (Phi) is 4.05. The Morgan fingerprint density at radius 2 is 1.95 bits per heavy atom. The van der Waals surface area contributed by atoms with Crippen molar-refractivity contribution in [1.29, 1.82) is 0 Å². The summed E-state index contributed by atoms with van der Waals surface area (Å²) in [6.07, 6.45) is 0. The molecule has 3 heteroatoms. The van der Waals surface area contributed by atoms with Gasteiger partial charge in [-0.15, -0.1) is 0 Å². The molecule has 0 saturated heterocycles. The molecule has 3 nitrogen and oxygen atoms in total. The molecule has 0 unspecified atom stereocenters. The predicted octanol–water partition coefficient (Wildman–Crippen LogP) is 3.98. The molecule has 19 heavy (non-hydrogen) atoms. The average Bonchev–Trinajstić information content (AvgIpc) is 2.85. The van der Waals surface area contributed by atoms with Gasteiger partial charge in [0, 0.05) is 11.4 Å². The van der Waals surface area contributed by atoms with Crippen molar-refractivity contribution in [3.63, 3.8) is 0 Å². The first-order valence-electron chi connectivity index (χ1n) is 6.59. The van der Waals surface area contributed by atoms with Crippen molar-refractivity contribution in [2.45, 2.75) is 26.7 Å². The van der Waals surface area contributed by atoms with Gasteiger partial charge in [-0.05, 0) is 24.5 Å². The van der Waals surface area contributed by atoms with Gasteiger partial charge in [-0.2, -0.15) is 0 Å². The van der Waals surface area contributed by atoms with Crippen LogP contribution < -0.4 is 0 Å². The third-order valence-corrected chi connectivity index (χ3v) is 3.01. The number of rotatable bonds is 4. The molecule has 100 valence electrons. The summed E-state index contributed by atoms with van der Waals surface area (Å²) in [4.78, 5) is 15.3. The van der Waals surface area contributed by atoms with Gasteiger partial charge in [-0.3, -0.25) is 0 Å². The summed E-state index contributed by atoms with van der Waals surface area (Å²) in [5.74, 6) is -0.0125. The summed E-state index contributed by atoms with van der Waals surface area (Å²) in [7, 11) is 0. The molecule has 1 aromatic heterocycles. The molecular formula is C16H19NO2. The molecule has 1 aromatic carbocycles. The minimum absolute atomic E-state index is 0.247. The summed E-state index contributed by atoms with van der Waals surface area (Å²) in [5, 5.41) is 0. The molecule has 0 radical (unpaired) electrons. The van der Waals surface area contributed by atoms with Crippen LogP contribution in [0, 0.1) is 0 Å². The van der Waals surface area contributed by atoms with E-state index in [4.69, 9.17) is 4.74 Å². The molecule has 0 spiro atoms. The summed E-state index contributed by atoms with van der Waals surface area (Å²) in [5.41, 5.74) is 3.58. The highest BCUT2D eigenvalue weighted by Gasteiger charge is 2.19. The zero-order valence-electron chi connectivity index (χ0n) is 11.6. The van der Waals surface area contributed by atoms with Crippen LogP contribution in [0.4, 0.5) is 0 Å². The van der Waals surface area contributed by atoms with Crippen molar-refractivity contribution < 1.29 is 9.53 Å². The monoisotopic (exact) mass is 257 g/mol. The average molecular weight is 257 g/mol. The maximum atomic E-state index is 12.0. The van der Waals surface area contributed by atoms with Crippen LogP contribution in [0.25, 0.3) is 11.3 Å². The maximum Gasteiger partial charge on any atom is 0.339 e. The first-order chi connectivity index (χ1) is 9.13. The second-order valence-corrected chi connectivity index (χ2v) is 4.75. The summed E-state index contributed by atoms with van der Waals surface area (Å²) in [6.45, 7) is 6.33. The molecule has 0 aliphatic rings. The Balaban J connectivity index is 2.44. The van der Waals surface area contributed by atoms with E-state index in [1.54, 1.807) is 0 Å². The SMILES string of the molecule is CCOC(=O)c1cc(-c2ccccc2)[nH]c1C(C)C. The third-order valence-electron chi connectivity index (χ3n) is 3.01. The van der Waals surface area contributed by atoms with Crippen LogP contribution in [0.2, 0.25) is 0 Å². The lowest BCUT2D eigenvalue weighted by Gasteiger charge is -2.06. The highest BCUT2D eigenvalue weighted by Crippen LogP contribution is 2.26. The fraction of sp³-hybridized carbons (Fsp3) is 0.312. The number of nitrogens with one attached hydrogen (secondary N) is 1. The Morgan fingerprint density at radius 1 is 1.26 bits per heavy atom. The highest BCUT2D eigenvalue weighted by atomic mass is 16.5. The van der Waals surface area contributed by atoms with E-state index in [9.17, 15) is 4.79 Å². The van der Waals surface area contributed by atoms with E-state index < -0.39 is 0 Å². The lowest BCUT2D eigenvalue weighted by atomic mass is 10.1. The van der Waals surface area contributed by atoms with Gasteiger partial charge in [0.2, 0.25) is 0 Å². The number of H-pyrrole nitrogens is 1. The van der Waals surface area contributed by atoms with Crippen LogP contribution in [0.15, 0.2) is 36.4 Å². The van der Waals surface area contributed by atoms with Gasteiger partial charge in [-0.1, -0.05) is 44.2 Å². The van der Waals surface area contributed by atoms with Crippen molar-refractivity contribution >= 4 is 5.97 Å². The Bertz CT molecular complexity index is 555. The molecule has 2 aromatic rings. The zero-order chi connectivity index (χ0) is 13.8. The minimum Gasteiger partial charge on any atom is -0.462 e. The summed E-state index contributed by atoms with van der Waals surface area (Å²) in [6, 6.07) is 11.9. The number of aromatic amines is 1. The fourth-order valence-corrected chi connectivity index (χ4v) is 2.08. The number of ether oxygens (including phenoxy) is 1. The second-order valence-electron chi connectivity index (χ2n) is 4.75. The normalized spacial score (nSPS) is 10.7. The molecule has 0 fully saturated rings. The van der Waals surface area contributed by atoms with Crippen LogP contribution >= 0.6 is 0 Å². The van der Waals surface area contributed by atoms with E-state index in [1.807, 2.05) is 43.3 Å². The zero-order valence-corrected chi connectivity index (χ0v) is 11.6. The summed E-state index contributed by atoms with van der Waals surface area (Å²) >= 11 is 0. The van der Waals surface area contributed by atoms with Crippen molar-refractivity contribution in [3.05, 3.63) is 47.7 Å². The maximum absolute atomic E-state index is 12.0. The van der Waals surface area contributed by atoms with E-state index >= 15 is 0 Å². The van der Waals surface area contributed by atoms with Crippen LogP contribution in [-0.4, -0.2) is 17.6 Å². The smallest absolute Gasteiger partial charge is 0.339 e. The standard InChI is InChI=1S/C16H19NO2/c1-4-19-16(18)13-10-14(17-15(13)11(2)3)12-8-6-5-7-9-12/h5-11,17H,4H2,1-3H3. The predicted molar refractivity (Wildman–Crippen MR) is 76.3 cm³/mol. The van der Waals surface area contributed by atoms with E-state index in [-0.39, 0.29) is 11.9 Å². The Morgan fingerprint density at radius 3 is 2.53 bits per heavy atom. The molecular weight excluding hydrogens is 238 g/mol. The van der Waals surface area contributed by atoms with Crippen molar-refractivity contribution in [2.75, 3.05) is 6.61 Å². The largest absolute Gasteiger partial charge is 0.462 e. The van der Waals surface area contributed by atoms with Gasteiger partial charge in [0.25, 0.3) is 0 Å². The fourth-order valence-electron chi connectivity index (χ4n) is 2.08. The number of aromatic nitrogens is 1. The van der Waals surface area contributed by atoms with Gasteiger partial charge in [0.15, 0.2) is 0 Å². The number of benzene rings is 1. The quantitative estimate of drug-likeness (QED) is 0.842. The van der Waals surface area contributed by atoms with Crippen LogP contribution in [-0.2, 0) is 4.74 Å². The molecule has 1 heterocycles. The minimum atomic E-state index is -0.260. The van der Waals surface area contributed by atoms with Gasteiger partial charge in [0.1, 0.15) is 0 Å². The van der Waals surface area contributed by atoms with Crippen molar-refractivity contribution in [3.8, 4) is 11.3 Å². The molecule has 0 aliphatic heterocycles. The first-order valence-corrected chi connectivity index (χ1v) is 6.59. The van der Waals surface area contributed by atoms with Gasteiger partial charge < -0.3 is 9.72 Å². The number of carbonyl (C=O) groups is 1. The van der Waals surface area contributed by atoms with Crippen LogP contribution in [0.3, 0.4) is 0 Å². The summed E-state index contributed by atoms with van der Waals surface area (Å²) < 4.78 is 5.11.